The summed E-state index contributed by atoms with van der Waals surface area (Å²) in [6, 6.07) is 13.2. The second kappa shape index (κ2) is 7.16. The van der Waals surface area contributed by atoms with Crippen molar-refractivity contribution in [3.63, 3.8) is 0 Å². The zero-order valence-corrected chi connectivity index (χ0v) is 16.6. The summed E-state index contributed by atoms with van der Waals surface area (Å²) in [6.45, 7) is 3.23. The Morgan fingerprint density at radius 2 is 1.77 bits per heavy atom. The average Bonchev–Trinajstić information content (AvgIpc) is 3.14. The minimum atomic E-state index is -0.518. The summed E-state index contributed by atoms with van der Waals surface area (Å²) in [7, 11) is 0. The SMILES string of the molecule is Fc1ccc(F)c(-c2ccc(NC3[C@@H]4CN(Cc5ccc6c(c5)OCO6)C[C@@H]34)nn2)c1. The lowest BCUT2D eigenvalue weighted by Crippen LogP contribution is -2.27. The zero-order valence-electron chi connectivity index (χ0n) is 16.6. The first-order valence-electron chi connectivity index (χ1n) is 10.3. The van der Waals surface area contributed by atoms with Crippen LogP contribution in [-0.4, -0.2) is 41.0 Å². The maximum absolute atomic E-state index is 13.9. The molecule has 6 nitrogen and oxygen atoms in total. The Balaban J connectivity index is 1.05. The summed E-state index contributed by atoms with van der Waals surface area (Å²) >= 11 is 0. The van der Waals surface area contributed by atoms with Gasteiger partial charge in [0.05, 0.1) is 5.69 Å². The van der Waals surface area contributed by atoms with Crippen molar-refractivity contribution < 1.29 is 18.3 Å². The monoisotopic (exact) mass is 422 g/mol. The number of rotatable bonds is 5. The summed E-state index contributed by atoms with van der Waals surface area (Å²) in [4.78, 5) is 2.45. The maximum Gasteiger partial charge on any atom is 0.231 e. The van der Waals surface area contributed by atoms with Crippen molar-refractivity contribution in [3.8, 4) is 22.8 Å². The van der Waals surface area contributed by atoms with E-state index in [0.717, 1.165) is 49.3 Å². The van der Waals surface area contributed by atoms with Gasteiger partial charge in [-0.3, -0.25) is 4.90 Å². The van der Waals surface area contributed by atoms with Gasteiger partial charge in [-0.15, -0.1) is 10.2 Å². The molecule has 2 aromatic carbocycles. The van der Waals surface area contributed by atoms with Gasteiger partial charge in [-0.1, -0.05) is 6.07 Å². The number of fused-ring (bicyclic) bond motifs is 2. The molecule has 1 saturated carbocycles. The summed E-state index contributed by atoms with van der Waals surface area (Å²) in [5.74, 6) is 2.42. The number of nitrogens with zero attached hydrogens (tertiary/aromatic N) is 3. The molecule has 1 aromatic heterocycles. The lowest BCUT2D eigenvalue weighted by molar-refractivity contribution is 0.174. The third kappa shape index (κ3) is 3.46. The lowest BCUT2D eigenvalue weighted by Gasteiger charge is -2.20. The van der Waals surface area contributed by atoms with Crippen LogP contribution in [0.2, 0.25) is 0 Å². The molecule has 3 heterocycles. The number of hydrogen-bond donors (Lipinski definition) is 1. The van der Waals surface area contributed by atoms with E-state index in [1.165, 1.54) is 5.56 Å². The Bertz CT molecular complexity index is 1130. The van der Waals surface area contributed by atoms with Crippen molar-refractivity contribution in [1.82, 2.24) is 15.1 Å². The Morgan fingerprint density at radius 1 is 0.935 bits per heavy atom. The van der Waals surface area contributed by atoms with E-state index < -0.39 is 11.6 Å². The lowest BCUT2D eigenvalue weighted by atomic mass is 10.1. The van der Waals surface area contributed by atoms with Crippen LogP contribution in [-0.2, 0) is 6.54 Å². The number of benzene rings is 2. The molecule has 3 aliphatic rings. The number of ether oxygens (including phenoxy) is 2. The summed E-state index contributed by atoms with van der Waals surface area (Å²) < 4.78 is 38.2. The Kier molecular flexibility index (Phi) is 4.27. The molecule has 1 aliphatic carbocycles. The van der Waals surface area contributed by atoms with Crippen LogP contribution < -0.4 is 14.8 Å². The molecule has 0 bridgehead atoms. The molecule has 1 saturated heterocycles. The topological polar surface area (TPSA) is 59.5 Å². The van der Waals surface area contributed by atoms with E-state index in [1.807, 2.05) is 6.07 Å². The molecular formula is C23H20F2N4O2. The van der Waals surface area contributed by atoms with Gasteiger partial charge in [0.2, 0.25) is 6.79 Å². The van der Waals surface area contributed by atoms with Crippen molar-refractivity contribution >= 4 is 5.82 Å². The molecule has 3 aromatic rings. The fourth-order valence-corrected chi connectivity index (χ4v) is 4.67. The van der Waals surface area contributed by atoms with Crippen LogP contribution in [0, 0.1) is 23.5 Å². The highest BCUT2D eigenvalue weighted by atomic mass is 19.1. The average molecular weight is 422 g/mol. The van der Waals surface area contributed by atoms with Gasteiger partial charge in [0.1, 0.15) is 17.5 Å². The maximum atomic E-state index is 13.9. The largest absolute Gasteiger partial charge is 0.454 e. The van der Waals surface area contributed by atoms with Gasteiger partial charge in [0.15, 0.2) is 11.5 Å². The van der Waals surface area contributed by atoms with E-state index in [-0.39, 0.29) is 5.56 Å². The van der Waals surface area contributed by atoms with Crippen LogP contribution in [0.3, 0.4) is 0 Å². The molecule has 2 fully saturated rings. The molecule has 158 valence electrons. The molecular weight excluding hydrogens is 402 g/mol. The van der Waals surface area contributed by atoms with E-state index in [0.29, 0.717) is 36.2 Å². The highest BCUT2D eigenvalue weighted by Crippen LogP contribution is 2.47. The number of aromatic nitrogens is 2. The normalized spacial score (nSPS) is 23.6. The number of anilines is 1. The molecule has 8 heteroatoms. The number of likely N-dealkylation sites (tertiary alicyclic amines) is 1. The van der Waals surface area contributed by atoms with Gasteiger partial charge in [-0.05, 0) is 59.9 Å². The molecule has 0 spiro atoms. The predicted molar refractivity (Wildman–Crippen MR) is 110 cm³/mol. The fraction of sp³-hybridized carbons (Fsp3) is 0.304. The van der Waals surface area contributed by atoms with Crippen molar-refractivity contribution in [3.05, 3.63) is 65.7 Å². The van der Waals surface area contributed by atoms with E-state index in [4.69, 9.17) is 9.47 Å². The van der Waals surface area contributed by atoms with Crippen LogP contribution in [0.15, 0.2) is 48.5 Å². The molecule has 1 N–H and O–H groups in total. The predicted octanol–water partition coefficient (Wildman–Crippen LogP) is 3.69. The molecule has 0 unspecified atom stereocenters. The van der Waals surface area contributed by atoms with Gasteiger partial charge >= 0.3 is 0 Å². The van der Waals surface area contributed by atoms with Gasteiger partial charge in [0, 0.05) is 31.2 Å². The van der Waals surface area contributed by atoms with Crippen molar-refractivity contribution in [2.24, 2.45) is 11.8 Å². The molecule has 31 heavy (non-hydrogen) atoms. The highest BCUT2D eigenvalue weighted by Gasteiger charge is 2.55. The van der Waals surface area contributed by atoms with Gasteiger partial charge in [-0.2, -0.15) is 0 Å². The van der Waals surface area contributed by atoms with Crippen LogP contribution in [0.4, 0.5) is 14.6 Å². The molecule has 6 rings (SSSR count). The number of hydrogen-bond acceptors (Lipinski definition) is 6. The summed E-state index contributed by atoms with van der Waals surface area (Å²) in [6.07, 6.45) is 0. The molecule has 2 atom stereocenters. The van der Waals surface area contributed by atoms with Crippen molar-refractivity contribution in [2.45, 2.75) is 12.6 Å². The van der Waals surface area contributed by atoms with Crippen molar-refractivity contribution in [2.75, 3.05) is 25.2 Å². The smallest absolute Gasteiger partial charge is 0.231 e. The van der Waals surface area contributed by atoms with E-state index >= 15 is 0 Å². The number of halogens is 2. The second-order valence-corrected chi connectivity index (χ2v) is 8.31. The second-order valence-electron chi connectivity index (χ2n) is 8.31. The first-order chi connectivity index (χ1) is 15.1. The fourth-order valence-electron chi connectivity index (χ4n) is 4.67. The van der Waals surface area contributed by atoms with E-state index in [1.54, 1.807) is 12.1 Å². The van der Waals surface area contributed by atoms with Crippen molar-refractivity contribution in [1.29, 1.82) is 0 Å². The quantitative estimate of drug-likeness (QED) is 0.677. The molecule has 2 aliphatic heterocycles. The van der Waals surface area contributed by atoms with Gasteiger partial charge in [0.25, 0.3) is 0 Å². The van der Waals surface area contributed by atoms with Crippen LogP contribution in [0.5, 0.6) is 11.5 Å². The van der Waals surface area contributed by atoms with Crippen LogP contribution in [0.25, 0.3) is 11.3 Å². The summed E-state index contributed by atoms with van der Waals surface area (Å²) in [5.41, 5.74) is 1.65. The highest BCUT2D eigenvalue weighted by molar-refractivity contribution is 5.60. The standard InChI is InChI=1S/C23H20F2N4O2/c24-14-2-3-18(25)15(8-14)19-4-6-22(28-27-19)26-23-16-10-29(11-17(16)23)9-13-1-5-20-21(7-13)31-12-30-20/h1-8,16-17,23H,9-12H2,(H,26,28)/t16-,17-/m1/s1. The molecule has 0 radical (unpaired) electrons. The van der Waals surface area contributed by atoms with E-state index in [2.05, 4.69) is 32.5 Å². The van der Waals surface area contributed by atoms with Crippen LogP contribution >= 0.6 is 0 Å². The molecule has 0 amide bonds. The zero-order chi connectivity index (χ0) is 20.9. The minimum absolute atomic E-state index is 0.113. The number of piperidine rings is 1. The Morgan fingerprint density at radius 3 is 2.58 bits per heavy atom. The first-order valence-corrected chi connectivity index (χ1v) is 10.3. The third-order valence-electron chi connectivity index (χ3n) is 6.30. The number of nitrogens with one attached hydrogen (secondary N) is 1. The van der Waals surface area contributed by atoms with E-state index in [9.17, 15) is 8.78 Å². The third-order valence-corrected chi connectivity index (χ3v) is 6.30. The Labute approximate surface area is 177 Å². The Hall–Kier alpha value is -3.26. The van der Waals surface area contributed by atoms with Gasteiger partial charge in [-0.25, -0.2) is 8.78 Å². The first kappa shape index (κ1) is 18.5. The van der Waals surface area contributed by atoms with Crippen LogP contribution in [0.1, 0.15) is 5.56 Å². The van der Waals surface area contributed by atoms with Gasteiger partial charge < -0.3 is 14.8 Å². The summed E-state index contributed by atoms with van der Waals surface area (Å²) in [5, 5.41) is 11.7. The minimum Gasteiger partial charge on any atom is -0.454 e.